The molecule has 2 aromatic rings. The van der Waals surface area contributed by atoms with Crippen LogP contribution in [0.4, 0.5) is 5.69 Å². The van der Waals surface area contributed by atoms with E-state index in [1.54, 1.807) is 0 Å². The van der Waals surface area contributed by atoms with Gasteiger partial charge in [0.15, 0.2) is 0 Å². The predicted molar refractivity (Wildman–Crippen MR) is 86.4 cm³/mol. The van der Waals surface area contributed by atoms with Crippen LogP contribution in [0.1, 0.15) is 36.4 Å². The Balaban J connectivity index is 2.10. The number of anilines is 1. The summed E-state index contributed by atoms with van der Waals surface area (Å²) in [5.41, 5.74) is 4.62. The Labute approximate surface area is 127 Å². The highest BCUT2D eigenvalue weighted by atomic mass is 16.5. The first-order chi connectivity index (χ1) is 10.2. The molecule has 1 heterocycles. The van der Waals surface area contributed by atoms with Gasteiger partial charge in [-0.2, -0.15) is 0 Å². The van der Waals surface area contributed by atoms with Crippen LogP contribution in [0, 0.1) is 13.8 Å². The summed E-state index contributed by atoms with van der Waals surface area (Å²) in [5, 5.41) is 7.53. The normalized spacial score (nSPS) is 11.1. The summed E-state index contributed by atoms with van der Waals surface area (Å²) >= 11 is 0. The van der Waals surface area contributed by atoms with Crippen LogP contribution in [0.15, 0.2) is 28.8 Å². The molecule has 0 unspecified atom stereocenters. The number of hydrogen-bond donors (Lipinski definition) is 1. The summed E-state index contributed by atoms with van der Waals surface area (Å²) in [6.07, 6.45) is 0. The second kappa shape index (κ2) is 7.27. The number of nitrogens with zero attached hydrogens (tertiary/aromatic N) is 2. The van der Waals surface area contributed by atoms with Crippen molar-refractivity contribution in [1.29, 1.82) is 0 Å². The molecule has 0 aliphatic heterocycles. The second-order valence-electron chi connectivity index (χ2n) is 5.27. The molecule has 0 atom stereocenters. The average molecular weight is 287 g/mol. The zero-order valence-corrected chi connectivity index (χ0v) is 13.4. The lowest BCUT2D eigenvalue weighted by atomic mass is 10.1. The molecule has 4 nitrogen and oxygen atoms in total. The maximum absolute atomic E-state index is 5.22. The lowest BCUT2D eigenvalue weighted by molar-refractivity contribution is 0.296. The summed E-state index contributed by atoms with van der Waals surface area (Å²) in [4.78, 5) is 2.41. The van der Waals surface area contributed by atoms with Crippen molar-refractivity contribution in [2.24, 2.45) is 0 Å². The minimum atomic E-state index is 0.746. The quantitative estimate of drug-likeness (QED) is 0.842. The largest absolute Gasteiger partial charge is 0.380 e. The minimum Gasteiger partial charge on any atom is -0.380 e. The van der Waals surface area contributed by atoms with Crippen molar-refractivity contribution in [3.8, 4) is 0 Å². The molecule has 0 spiro atoms. The van der Waals surface area contributed by atoms with Gasteiger partial charge >= 0.3 is 0 Å². The van der Waals surface area contributed by atoms with Gasteiger partial charge in [0.25, 0.3) is 0 Å². The van der Waals surface area contributed by atoms with Gasteiger partial charge in [-0.3, -0.25) is 4.90 Å². The first-order valence-electron chi connectivity index (χ1n) is 7.61. The Hall–Kier alpha value is -1.81. The van der Waals surface area contributed by atoms with Crippen molar-refractivity contribution in [1.82, 2.24) is 10.1 Å². The summed E-state index contributed by atoms with van der Waals surface area (Å²) in [5.74, 6) is 0.890. The standard InChI is InChI=1S/C17H25N3O/c1-5-20(6-2)12-15-9-7-8-10-17(15)18-11-16-13(3)19-21-14(16)4/h7-10,18H,5-6,11-12H2,1-4H3. The molecule has 21 heavy (non-hydrogen) atoms. The van der Waals surface area contributed by atoms with Crippen LogP contribution >= 0.6 is 0 Å². The maximum Gasteiger partial charge on any atom is 0.138 e. The van der Waals surface area contributed by atoms with Crippen LogP contribution in [0.3, 0.4) is 0 Å². The fraction of sp³-hybridized carbons (Fsp3) is 0.471. The van der Waals surface area contributed by atoms with Gasteiger partial charge in [-0.1, -0.05) is 37.2 Å². The maximum atomic E-state index is 5.22. The van der Waals surface area contributed by atoms with Crippen LogP contribution in [-0.4, -0.2) is 23.1 Å². The zero-order chi connectivity index (χ0) is 15.2. The molecule has 2 rings (SSSR count). The van der Waals surface area contributed by atoms with E-state index in [9.17, 15) is 0 Å². The molecule has 0 bridgehead atoms. The van der Waals surface area contributed by atoms with Crippen molar-refractivity contribution < 1.29 is 4.52 Å². The number of aryl methyl sites for hydroxylation is 2. The highest BCUT2D eigenvalue weighted by molar-refractivity contribution is 5.51. The highest BCUT2D eigenvalue weighted by Crippen LogP contribution is 2.20. The van der Waals surface area contributed by atoms with Gasteiger partial charge in [-0.05, 0) is 38.6 Å². The third kappa shape index (κ3) is 3.85. The van der Waals surface area contributed by atoms with E-state index in [0.29, 0.717) is 0 Å². The van der Waals surface area contributed by atoms with Gasteiger partial charge in [0, 0.05) is 24.3 Å². The summed E-state index contributed by atoms with van der Waals surface area (Å²) in [6.45, 7) is 12.2. The molecule has 0 aliphatic rings. The number of para-hydroxylation sites is 1. The van der Waals surface area contributed by atoms with Crippen molar-refractivity contribution in [2.45, 2.75) is 40.8 Å². The van der Waals surface area contributed by atoms with E-state index >= 15 is 0 Å². The molecule has 1 aromatic heterocycles. The number of benzene rings is 1. The van der Waals surface area contributed by atoms with E-state index in [1.165, 1.54) is 11.3 Å². The number of nitrogens with one attached hydrogen (secondary N) is 1. The SMILES string of the molecule is CCN(CC)Cc1ccccc1NCc1c(C)noc1C. The van der Waals surface area contributed by atoms with Crippen molar-refractivity contribution in [2.75, 3.05) is 18.4 Å². The Morgan fingerprint density at radius 2 is 1.86 bits per heavy atom. The molecule has 0 amide bonds. The van der Waals surface area contributed by atoms with E-state index in [-0.39, 0.29) is 0 Å². The minimum absolute atomic E-state index is 0.746. The zero-order valence-electron chi connectivity index (χ0n) is 13.4. The van der Waals surface area contributed by atoms with Crippen molar-refractivity contribution >= 4 is 5.69 Å². The van der Waals surface area contributed by atoms with Gasteiger partial charge in [-0.25, -0.2) is 0 Å². The van der Waals surface area contributed by atoms with Crippen LogP contribution < -0.4 is 5.32 Å². The first kappa shape index (κ1) is 15.6. The van der Waals surface area contributed by atoms with Crippen molar-refractivity contribution in [3.05, 3.63) is 46.8 Å². The van der Waals surface area contributed by atoms with E-state index < -0.39 is 0 Å². The number of aromatic nitrogens is 1. The molecular weight excluding hydrogens is 262 g/mol. The van der Waals surface area contributed by atoms with E-state index in [1.807, 2.05) is 13.8 Å². The molecule has 0 radical (unpaired) electrons. The molecule has 0 aliphatic carbocycles. The predicted octanol–water partition coefficient (Wildman–Crippen LogP) is 3.75. The van der Waals surface area contributed by atoms with E-state index in [2.05, 4.69) is 53.5 Å². The van der Waals surface area contributed by atoms with Gasteiger partial charge in [0.1, 0.15) is 5.76 Å². The summed E-state index contributed by atoms with van der Waals surface area (Å²) in [6, 6.07) is 8.49. The lowest BCUT2D eigenvalue weighted by Gasteiger charge is -2.20. The molecular formula is C17H25N3O. The van der Waals surface area contributed by atoms with Crippen molar-refractivity contribution in [3.63, 3.8) is 0 Å². The Morgan fingerprint density at radius 3 is 2.48 bits per heavy atom. The van der Waals surface area contributed by atoms with E-state index in [0.717, 1.165) is 43.2 Å². The molecule has 1 aromatic carbocycles. The van der Waals surface area contributed by atoms with Crippen LogP contribution in [-0.2, 0) is 13.1 Å². The van der Waals surface area contributed by atoms with Gasteiger partial charge in [-0.15, -0.1) is 0 Å². The Kier molecular flexibility index (Phi) is 5.39. The van der Waals surface area contributed by atoms with Crippen LogP contribution in [0.25, 0.3) is 0 Å². The van der Waals surface area contributed by atoms with Gasteiger partial charge < -0.3 is 9.84 Å². The van der Waals surface area contributed by atoms with Crippen LogP contribution in [0.2, 0.25) is 0 Å². The van der Waals surface area contributed by atoms with Crippen LogP contribution in [0.5, 0.6) is 0 Å². The number of hydrogen-bond acceptors (Lipinski definition) is 4. The first-order valence-corrected chi connectivity index (χ1v) is 7.61. The Bertz CT molecular complexity index is 554. The monoisotopic (exact) mass is 287 g/mol. The lowest BCUT2D eigenvalue weighted by Crippen LogP contribution is -2.22. The second-order valence-corrected chi connectivity index (χ2v) is 5.27. The third-order valence-corrected chi connectivity index (χ3v) is 3.94. The van der Waals surface area contributed by atoms with Gasteiger partial charge in [0.05, 0.1) is 5.69 Å². The summed E-state index contributed by atoms with van der Waals surface area (Å²) < 4.78 is 5.22. The van der Waals surface area contributed by atoms with Gasteiger partial charge in [0.2, 0.25) is 0 Å². The smallest absolute Gasteiger partial charge is 0.138 e. The Morgan fingerprint density at radius 1 is 1.14 bits per heavy atom. The molecule has 0 saturated heterocycles. The molecule has 114 valence electrons. The topological polar surface area (TPSA) is 41.3 Å². The highest BCUT2D eigenvalue weighted by Gasteiger charge is 2.10. The molecule has 0 saturated carbocycles. The van der Waals surface area contributed by atoms with E-state index in [4.69, 9.17) is 4.52 Å². The fourth-order valence-electron chi connectivity index (χ4n) is 2.46. The molecule has 4 heteroatoms. The molecule has 0 fully saturated rings. The fourth-order valence-corrected chi connectivity index (χ4v) is 2.46. The third-order valence-electron chi connectivity index (χ3n) is 3.94. The number of rotatable bonds is 7. The summed E-state index contributed by atoms with van der Waals surface area (Å²) in [7, 11) is 0. The average Bonchev–Trinajstić information content (AvgIpc) is 2.82. The molecule has 1 N–H and O–H groups in total.